The number of hydrogen-bond acceptors (Lipinski definition) is 5. The van der Waals surface area contributed by atoms with Gasteiger partial charge in [-0.3, -0.25) is 4.79 Å². The number of hydrogen-bond donors (Lipinski definition) is 1. The zero-order chi connectivity index (χ0) is 20.1. The molecule has 1 saturated heterocycles. The molecular weight excluding hydrogens is 448 g/mol. The van der Waals surface area contributed by atoms with Crippen molar-refractivity contribution < 1.29 is 22.7 Å². The lowest BCUT2D eigenvalue weighted by atomic mass is 10.2. The lowest BCUT2D eigenvalue weighted by Crippen LogP contribution is -2.28. The molecule has 0 atom stereocenters. The van der Waals surface area contributed by atoms with Crippen molar-refractivity contribution in [2.75, 3.05) is 26.3 Å². The van der Waals surface area contributed by atoms with Gasteiger partial charge in [-0.05, 0) is 55.3 Å². The van der Waals surface area contributed by atoms with E-state index in [9.17, 15) is 13.2 Å². The van der Waals surface area contributed by atoms with E-state index in [-0.39, 0.29) is 29.4 Å². The molecular formula is C19H21BrN2O5S. The van der Waals surface area contributed by atoms with Crippen LogP contribution in [-0.2, 0) is 10.0 Å². The number of primary amides is 1. The molecule has 2 aromatic carbocycles. The van der Waals surface area contributed by atoms with E-state index in [2.05, 4.69) is 15.9 Å². The van der Waals surface area contributed by atoms with Gasteiger partial charge in [-0.2, -0.15) is 4.31 Å². The van der Waals surface area contributed by atoms with Crippen LogP contribution in [0, 0.1) is 0 Å². The fraction of sp³-hybridized carbons (Fsp3) is 0.316. The minimum Gasteiger partial charge on any atom is -0.490 e. The summed E-state index contributed by atoms with van der Waals surface area (Å²) in [5, 5.41) is 0. The van der Waals surface area contributed by atoms with Crippen molar-refractivity contribution >= 4 is 31.9 Å². The van der Waals surface area contributed by atoms with E-state index in [1.807, 2.05) is 24.3 Å². The van der Waals surface area contributed by atoms with E-state index < -0.39 is 15.9 Å². The number of carbonyl (C=O) groups is 1. The van der Waals surface area contributed by atoms with Gasteiger partial charge in [0.05, 0.1) is 10.5 Å². The van der Waals surface area contributed by atoms with Crippen molar-refractivity contribution in [1.29, 1.82) is 0 Å². The summed E-state index contributed by atoms with van der Waals surface area (Å²) in [5.74, 6) is 0.170. The average molecular weight is 469 g/mol. The molecule has 1 amide bonds. The van der Waals surface area contributed by atoms with Crippen LogP contribution in [0.25, 0.3) is 0 Å². The largest absolute Gasteiger partial charge is 0.490 e. The highest BCUT2D eigenvalue weighted by Crippen LogP contribution is 2.26. The Kier molecular flexibility index (Phi) is 6.58. The predicted molar refractivity (Wildman–Crippen MR) is 108 cm³/mol. The molecule has 0 spiro atoms. The third-order valence-corrected chi connectivity index (χ3v) is 6.77. The van der Waals surface area contributed by atoms with Crippen molar-refractivity contribution in [3.8, 4) is 11.5 Å². The molecule has 1 aliphatic heterocycles. The van der Waals surface area contributed by atoms with Gasteiger partial charge in [0.25, 0.3) is 5.91 Å². The maximum atomic E-state index is 12.7. The first kappa shape index (κ1) is 20.6. The summed E-state index contributed by atoms with van der Waals surface area (Å²) in [6.45, 7) is 1.40. The van der Waals surface area contributed by atoms with E-state index >= 15 is 0 Å². The van der Waals surface area contributed by atoms with Crippen LogP contribution in [0.5, 0.6) is 11.5 Å². The first-order valence-corrected chi connectivity index (χ1v) is 11.1. The number of amides is 1. The van der Waals surface area contributed by atoms with Crippen molar-refractivity contribution in [3.63, 3.8) is 0 Å². The Hall–Kier alpha value is -2.10. The molecule has 9 heteroatoms. The molecule has 1 heterocycles. The number of sulfonamides is 1. The Balaban J connectivity index is 1.67. The second kappa shape index (κ2) is 8.93. The molecule has 0 aromatic heterocycles. The van der Waals surface area contributed by atoms with Crippen LogP contribution >= 0.6 is 15.9 Å². The topological polar surface area (TPSA) is 98.9 Å². The highest BCUT2D eigenvalue weighted by Gasteiger charge is 2.28. The number of carbonyl (C=O) groups excluding carboxylic acids is 1. The number of nitrogens with two attached hydrogens (primary N) is 1. The Morgan fingerprint density at radius 3 is 2.32 bits per heavy atom. The number of ether oxygens (including phenoxy) is 2. The van der Waals surface area contributed by atoms with Gasteiger partial charge in [0.15, 0.2) is 0 Å². The molecule has 2 aromatic rings. The summed E-state index contributed by atoms with van der Waals surface area (Å²) < 4.78 is 38.9. The molecule has 1 aliphatic rings. The van der Waals surface area contributed by atoms with Gasteiger partial charge in [0.1, 0.15) is 24.7 Å². The maximum Gasteiger partial charge on any atom is 0.252 e. The third-order valence-electron chi connectivity index (χ3n) is 4.34. The van der Waals surface area contributed by atoms with Gasteiger partial charge in [-0.1, -0.05) is 15.9 Å². The Morgan fingerprint density at radius 1 is 1.04 bits per heavy atom. The van der Waals surface area contributed by atoms with Crippen LogP contribution in [0.15, 0.2) is 51.8 Å². The van der Waals surface area contributed by atoms with E-state index in [0.717, 1.165) is 17.3 Å². The molecule has 3 rings (SSSR count). The molecule has 0 unspecified atom stereocenters. The van der Waals surface area contributed by atoms with Crippen LogP contribution < -0.4 is 15.2 Å². The van der Waals surface area contributed by atoms with Crippen molar-refractivity contribution in [1.82, 2.24) is 4.31 Å². The molecule has 0 bridgehead atoms. The fourth-order valence-electron chi connectivity index (χ4n) is 2.91. The molecule has 2 N–H and O–H groups in total. The van der Waals surface area contributed by atoms with Gasteiger partial charge in [0, 0.05) is 17.6 Å². The fourth-order valence-corrected chi connectivity index (χ4v) is 4.72. The molecule has 0 saturated carbocycles. The zero-order valence-corrected chi connectivity index (χ0v) is 17.5. The van der Waals surface area contributed by atoms with E-state index in [0.29, 0.717) is 18.8 Å². The van der Waals surface area contributed by atoms with Crippen LogP contribution in [0.3, 0.4) is 0 Å². The molecule has 1 fully saturated rings. The summed E-state index contributed by atoms with van der Waals surface area (Å²) >= 11 is 3.35. The van der Waals surface area contributed by atoms with Crippen LogP contribution in [0.1, 0.15) is 23.2 Å². The first-order valence-electron chi connectivity index (χ1n) is 8.83. The summed E-state index contributed by atoms with van der Waals surface area (Å²) in [4.78, 5) is 11.8. The number of rotatable bonds is 8. The molecule has 28 heavy (non-hydrogen) atoms. The van der Waals surface area contributed by atoms with Crippen molar-refractivity contribution in [2.45, 2.75) is 17.7 Å². The summed E-state index contributed by atoms with van der Waals surface area (Å²) in [6.07, 6.45) is 1.67. The van der Waals surface area contributed by atoms with Gasteiger partial charge in [-0.25, -0.2) is 8.42 Å². The highest BCUT2D eigenvalue weighted by atomic mass is 79.9. The van der Waals surface area contributed by atoms with E-state index in [1.165, 1.54) is 22.5 Å². The lowest BCUT2D eigenvalue weighted by Gasteiger charge is -2.17. The zero-order valence-electron chi connectivity index (χ0n) is 15.1. The molecule has 0 radical (unpaired) electrons. The van der Waals surface area contributed by atoms with E-state index in [4.69, 9.17) is 15.2 Å². The number of nitrogens with zero attached hydrogens (tertiary/aromatic N) is 1. The monoisotopic (exact) mass is 468 g/mol. The average Bonchev–Trinajstić information content (AvgIpc) is 3.22. The second-order valence-electron chi connectivity index (χ2n) is 6.28. The van der Waals surface area contributed by atoms with Crippen molar-refractivity contribution in [3.05, 3.63) is 52.5 Å². The van der Waals surface area contributed by atoms with Gasteiger partial charge < -0.3 is 15.2 Å². The molecule has 0 aliphatic carbocycles. The molecule has 150 valence electrons. The quantitative estimate of drug-likeness (QED) is 0.600. The standard InChI is InChI=1S/C19H21BrN2O5S/c20-14-3-5-15(6-4-14)26-11-12-27-18-8-7-16(13-17(18)19(21)23)28(24,25)22-9-1-2-10-22/h3-8,13H,1-2,9-12H2,(H2,21,23). The summed E-state index contributed by atoms with van der Waals surface area (Å²) in [5.41, 5.74) is 5.46. The highest BCUT2D eigenvalue weighted by molar-refractivity contribution is 9.10. The maximum absolute atomic E-state index is 12.7. The van der Waals surface area contributed by atoms with Crippen LogP contribution in [0.4, 0.5) is 0 Å². The normalized spacial score (nSPS) is 14.8. The minimum atomic E-state index is -3.63. The van der Waals surface area contributed by atoms with Gasteiger partial charge in [0.2, 0.25) is 10.0 Å². The van der Waals surface area contributed by atoms with Gasteiger partial charge in [-0.15, -0.1) is 0 Å². The smallest absolute Gasteiger partial charge is 0.252 e. The third kappa shape index (κ3) is 4.84. The Labute approximate surface area is 172 Å². The first-order chi connectivity index (χ1) is 13.4. The van der Waals surface area contributed by atoms with Gasteiger partial charge >= 0.3 is 0 Å². The Morgan fingerprint density at radius 2 is 1.68 bits per heavy atom. The van der Waals surface area contributed by atoms with E-state index in [1.54, 1.807) is 0 Å². The Bertz CT molecular complexity index is 941. The van der Waals surface area contributed by atoms with Crippen molar-refractivity contribution in [2.24, 2.45) is 5.73 Å². The van der Waals surface area contributed by atoms with Crippen LogP contribution in [-0.4, -0.2) is 44.9 Å². The number of benzene rings is 2. The van der Waals surface area contributed by atoms with Crippen LogP contribution in [0.2, 0.25) is 0 Å². The molecule has 7 nitrogen and oxygen atoms in total. The second-order valence-corrected chi connectivity index (χ2v) is 9.14. The summed E-state index contributed by atoms with van der Waals surface area (Å²) in [6, 6.07) is 11.5. The number of halogens is 1. The SMILES string of the molecule is NC(=O)c1cc(S(=O)(=O)N2CCCC2)ccc1OCCOc1ccc(Br)cc1. The minimum absolute atomic E-state index is 0.0314. The lowest BCUT2D eigenvalue weighted by molar-refractivity contribution is 0.0995. The summed E-state index contributed by atoms with van der Waals surface area (Å²) in [7, 11) is -3.63. The predicted octanol–water partition coefficient (Wildman–Crippen LogP) is 2.79.